The number of rotatable bonds is 18. The molecule has 4 aliphatic carbocycles. The monoisotopic (exact) mass is 895 g/mol. The van der Waals surface area contributed by atoms with Crippen molar-refractivity contribution < 1.29 is 29.0 Å². The summed E-state index contributed by atoms with van der Waals surface area (Å²) < 4.78 is 5.58. The van der Waals surface area contributed by atoms with E-state index < -0.39 is 35.7 Å². The van der Waals surface area contributed by atoms with E-state index in [2.05, 4.69) is 51.2 Å². The number of hydrogen-bond acceptors (Lipinski definition) is 9. The summed E-state index contributed by atoms with van der Waals surface area (Å²) in [5.74, 6) is 3.35. The van der Waals surface area contributed by atoms with Gasteiger partial charge in [-0.05, 0) is 192 Å². The Kier molecular flexibility index (Phi) is 16.6. The number of fused-ring (bicyclic) bond motifs is 5. The zero-order valence-electron chi connectivity index (χ0n) is 41.3. The summed E-state index contributed by atoms with van der Waals surface area (Å²) in [6.45, 7) is 15.7. The number of likely N-dealkylation sites (tertiary alicyclic amines) is 1. The number of ether oxygens (including phenoxy) is 1. The maximum Gasteiger partial charge on any atom is 0.408 e. The molecule has 1 aliphatic heterocycles. The van der Waals surface area contributed by atoms with Gasteiger partial charge in [-0.25, -0.2) is 9.78 Å². The smallest absolute Gasteiger partial charge is 0.408 e. The largest absolute Gasteiger partial charge is 0.444 e. The fraction of sp³-hybridized carbons (Fsp3) is 0.860. The van der Waals surface area contributed by atoms with Crippen LogP contribution in [0.1, 0.15) is 137 Å². The fourth-order valence-corrected chi connectivity index (χ4v) is 13.6. The average molecular weight is 895 g/mol. The van der Waals surface area contributed by atoms with Gasteiger partial charge in [0.2, 0.25) is 17.7 Å². The summed E-state index contributed by atoms with van der Waals surface area (Å²) in [5, 5.41) is 16.6. The molecule has 6 rings (SSSR count). The van der Waals surface area contributed by atoms with Crippen LogP contribution in [0, 0.1) is 46.3 Å². The molecule has 1 aromatic rings. The lowest BCUT2D eigenvalue weighted by molar-refractivity contribution is -0.145. The van der Waals surface area contributed by atoms with E-state index >= 15 is 0 Å². The van der Waals surface area contributed by atoms with Crippen molar-refractivity contribution in [2.24, 2.45) is 46.3 Å². The van der Waals surface area contributed by atoms with Crippen LogP contribution in [0.15, 0.2) is 12.5 Å². The Hall–Kier alpha value is -3.23. The number of alkyl carbamates (subject to hydrolysis) is 1. The summed E-state index contributed by atoms with van der Waals surface area (Å²) >= 11 is 0. The van der Waals surface area contributed by atoms with Crippen LogP contribution in [0.3, 0.4) is 0 Å². The third kappa shape index (κ3) is 12.0. The number of nitrogens with zero attached hydrogens (tertiary/aromatic N) is 5. The van der Waals surface area contributed by atoms with Crippen LogP contribution in [-0.4, -0.2) is 149 Å². The lowest BCUT2D eigenvalue weighted by atomic mass is 9.44. The van der Waals surface area contributed by atoms with E-state index in [1.807, 2.05) is 33.1 Å². The van der Waals surface area contributed by atoms with E-state index in [9.17, 15) is 24.3 Å². The highest BCUT2D eigenvalue weighted by Gasteiger charge is 2.60. The van der Waals surface area contributed by atoms with Crippen LogP contribution in [0.2, 0.25) is 0 Å². The van der Waals surface area contributed by atoms with Crippen molar-refractivity contribution in [3.05, 3.63) is 18.2 Å². The van der Waals surface area contributed by atoms with E-state index in [4.69, 9.17) is 4.74 Å². The first-order valence-electron chi connectivity index (χ1n) is 25.0. The average Bonchev–Trinajstić information content (AvgIpc) is 3.97. The highest BCUT2D eigenvalue weighted by Crippen LogP contribution is 2.68. The van der Waals surface area contributed by atoms with Gasteiger partial charge in [0.25, 0.3) is 0 Å². The van der Waals surface area contributed by atoms with Gasteiger partial charge in [0.15, 0.2) is 0 Å². The molecule has 0 spiro atoms. The second-order valence-electron chi connectivity index (χ2n) is 22.9. The molecule has 1 aromatic heterocycles. The Labute approximate surface area is 385 Å². The molecule has 362 valence electrons. The second-order valence-corrected chi connectivity index (χ2v) is 22.9. The fourth-order valence-electron chi connectivity index (χ4n) is 13.6. The van der Waals surface area contributed by atoms with Crippen molar-refractivity contribution in [1.82, 2.24) is 40.2 Å². The first kappa shape index (κ1) is 50.2. The lowest BCUT2D eigenvalue weighted by Crippen LogP contribution is -2.55. The highest BCUT2D eigenvalue weighted by molar-refractivity contribution is 5.92. The number of imidazole rings is 1. The van der Waals surface area contributed by atoms with Gasteiger partial charge >= 0.3 is 6.09 Å². The zero-order chi connectivity index (χ0) is 46.6. The topological polar surface area (TPSA) is 163 Å². The van der Waals surface area contributed by atoms with Crippen LogP contribution in [0.25, 0.3) is 0 Å². The van der Waals surface area contributed by atoms with Gasteiger partial charge in [-0.15, -0.1) is 0 Å². The quantitative estimate of drug-likeness (QED) is 0.137. The number of aromatic amines is 1. The molecule has 64 heavy (non-hydrogen) atoms. The van der Waals surface area contributed by atoms with Crippen molar-refractivity contribution in [3.63, 3.8) is 0 Å². The Bertz CT molecular complexity index is 1700. The van der Waals surface area contributed by atoms with Crippen LogP contribution in [0.5, 0.6) is 0 Å². The molecule has 14 heteroatoms. The molecule has 0 aromatic carbocycles. The Morgan fingerprint density at radius 3 is 2.23 bits per heavy atom. The molecule has 4 amide bonds. The summed E-state index contributed by atoms with van der Waals surface area (Å²) in [4.78, 5) is 71.6. The second kappa shape index (κ2) is 21.2. The number of carbonyl (C=O) groups is 4. The van der Waals surface area contributed by atoms with Crippen LogP contribution in [0.4, 0.5) is 4.79 Å². The molecule has 2 heterocycles. The molecule has 5 fully saturated rings. The number of hydrogen-bond donors (Lipinski definition) is 4. The molecule has 4 N–H and O–H groups in total. The minimum absolute atomic E-state index is 0.0414. The summed E-state index contributed by atoms with van der Waals surface area (Å²) in [6, 6.07) is -2.27. The molecule has 0 bridgehead atoms. The minimum atomic E-state index is -1.04. The number of carbonyl (C=O) groups excluding carboxylic acids is 4. The maximum atomic E-state index is 14.8. The van der Waals surface area contributed by atoms with Gasteiger partial charge in [-0.2, -0.15) is 0 Å². The van der Waals surface area contributed by atoms with Crippen LogP contribution in [-0.2, 0) is 25.5 Å². The molecular weight excluding hydrogens is 809 g/mol. The van der Waals surface area contributed by atoms with Crippen molar-refractivity contribution >= 4 is 23.8 Å². The zero-order valence-corrected chi connectivity index (χ0v) is 41.3. The Balaban J connectivity index is 1.13. The van der Waals surface area contributed by atoms with Crippen molar-refractivity contribution in [2.75, 3.05) is 60.9 Å². The van der Waals surface area contributed by atoms with Crippen LogP contribution >= 0.6 is 0 Å². The first-order chi connectivity index (χ1) is 30.2. The predicted molar refractivity (Wildman–Crippen MR) is 250 cm³/mol. The van der Waals surface area contributed by atoms with Crippen LogP contribution < -0.4 is 10.6 Å². The summed E-state index contributed by atoms with van der Waals surface area (Å²) in [5.41, 5.74) is 0.462. The van der Waals surface area contributed by atoms with Gasteiger partial charge in [0.05, 0.1) is 18.1 Å². The van der Waals surface area contributed by atoms with Crippen molar-refractivity contribution in [1.29, 1.82) is 0 Å². The van der Waals surface area contributed by atoms with E-state index in [1.165, 1.54) is 51.3 Å². The highest BCUT2D eigenvalue weighted by atomic mass is 16.6. The molecular formula is C50H86N8O6. The number of aromatic nitrogens is 2. The number of nitrogens with one attached hydrogen (secondary N) is 3. The number of aliphatic hydroxyl groups excluding tert-OH is 1. The normalized spacial score (nSPS) is 32.4. The maximum absolute atomic E-state index is 14.8. The van der Waals surface area contributed by atoms with E-state index in [0.717, 1.165) is 62.9 Å². The Morgan fingerprint density at radius 1 is 0.922 bits per heavy atom. The standard InChI is InChI=1S/C50H86N8O6/c1-33(39-16-17-40-38-15-14-34-27-37(59)19-21-49(34,5)41(38)20-22-50(39,40)6)13-18-44(60)53-36-29-43(46(62)57(25-11-23-55(7)8)26-12-24-56(9)10)58(31-36)45(61)42(28-35-30-51-32-52-35)54-47(63)64-48(2,3)4/h30,32-34,36-43,59H,11-29,31H2,1-10H3,(H,51,52)(H,53,60)(H,54,63)/t33-,34?,36+,37-,38?,39-,40?,41?,42?,43+,49+,50-/m1/s1. The van der Waals surface area contributed by atoms with E-state index in [-0.39, 0.29) is 30.9 Å². The predicted octanol–water partition coefficient (Wildman–Crippen LogP) is 6.10. The van der Waals surface area contributed by atoms with Gasteiger partial charge < -0.3 is 45.1 Å². The van der Waals surface area contributed by atoms with Gasteiger partial charge in [-0.1, -0.05) is 20.8 Å². The van der Waals surface area contributed by atoms with Gasteiger partial charge in [0, 0.05) is 44.7 Å². The minimum Gasteiger partial charge on any atom is -0.444 e. The number of H-pyrrole nitrogens is 1. The third-order valence-electron chi connectivity index (χ3n) is 16.8. The molecule has 4 saturated carbocycles. The summed E-state index contributed by atoms with van der Waals surface area (Å²) in [6.07, 6.45) is 16.3. The third-order valence-corrected chi connectivity index (χ3v) is 16.8. The molecule has 14 nitrogen and oxygen atoms in total. The Morgan fingerprint density at radius 2 is 1.59 bits per heavy atom. The molecule has 0 radical (unpaired) electrons. The van der Waals surface area contributed by atoms with Gasteiger partial charge in [0.1, 0.15) is 17.7 Å². The number of amides is 4. The lowest BCUT2D eigenvalue weighted by Gasteiger charge is -2.61. The first-order valence-corrected chi connectivity index (χ1v) is 25.0. The summed E-state index contributed by atoms with van der Waals surface area (Å²) in [7, 11) is 8.08. The van der Waals surface area contributed by atoms with Gasteiger partial charge in [-0.3, -0.25) is 14.4 Å². The van der Waals surface area contributed by atoms with E-state index in [1.54, 1.807) is 31.9 Å². The molecule has 5 unspecified atom stereocenters. The number of aliphatic hydroxyl groups is 1. The van der Waals surface area contributed by atoms with Crippen molar-refractivity contribution in [2.45, 2.75) is 168 Å². The van der Waals surface area contributed by atoms with Crippen molar-refractivity contribution in [3.8, 4) is 0 Å². The molecule has 1 saturated heterocycles. The molecule has 5 aliphatic rings. The van der Waals surface area contributed by atoms with E-state index in [0.29, 0.717) is 60.2 Å². The SMILES string of the molecule is C[C@H](CCC(=O)N[C@H]1C[C@@H](C(=O)N(CCCN(C)C)CCCN(C)C)N(C(=O)C(Cc2c[nH]cn2)NC(=O)OC(C)(C)C)C1)[C@H]1CCC2C3CCC4C[C@H](O)CC[C@]4(C)C3CC[C@@]21C. The molecule has 12 atom stereocenters.